The number of aromatic amines is 1. The van der Waals surface area contributed by atoms with E-state index in [9.17, 15) is 18.0 Å². The van der Waals surface area contributed by atoms with Gasteiger partial charge in [-0.3, -0.25) is 9.89 Å². The Morgan fingerprint density at radius 1 is 1.33 bits per heavy atom. The number of aliphatic hydroxyl groups excluding tert-OH is 1. The molecule has 0 fully saturated rings. The zero-order valence-corrected chi connectivity index (χ0v) is 9.08. The topological polar surface area (TPSA) is 66.0 Å². The lowest BCUT2D eigenvalue weighted by Gasteiger charge is -2.07. The Labute approximate surface area is 99.1 Å². The number of hydrogen-bond donors (Lipinski definition) is 2. The summed E-state index contributed by atoms with van der Waals surface area (Å²) >= 11 is 0. The molecule has 0 radical (unpaired) electrons. The van der Waals surface area contributed by atoms with Crippen molar-refractivity contribution >= 4 is 10.9 Å². The van der Waals surface area contributed by atoms with Crippen molar-refractivity contribution in [3.63, 3.8) is 0 Å². The number of nitrogens with zero attached hydrogens (tertiary/aromatic N) is 1. The molecule has 0 aliphatic heterocycles. The van der Waals surface area contributed by atoms with E-state index in [0.29, 0.717) is 0 Å². The molecule has 0 spiro atoms. The van der Waals surface area contributed by atoms with E-state index in [4.69, 9.17) is 5.11 Å². The summed E-state index contributed by atoms with van der Waals surface area (Å²) < 4.78 is 37.4. The highest BCUT2D eigenvalue weighted by atomic mass is 19.4. The fourth-order valence-electron chi connectivity index (χ4n) is 1.62. The number of H-pyrrole nitrogens is 1. The van der Waals surface area contributed by atoms with Crippen LogP contribution in [0.2, 0.25) is 0 Å². The summed E-state index contributed by atoms with van der Waals surface area (Å²) in [5, 5.41) is 14.9. The first-order valence-electron chi connectivity index (χ1n) is 5.13. The number of aliphatic hydroxyl groups is 1. The van der Waals surface area contributed by atoms with Crippen molar-refractivity contribution < 1.29 is 18.3 Å². The molecule has 0 saturated carbocycles. The molecule has 2 aromatic rings. The van der Waals surface area contributed by atoms with Gasteiger partial charge in [-0.05, 0) is 18.2 Å². The Bertz CT molecular complexity index is 634. The summed E-state index contributed by atoms with van der Waals surface area (Å²) in [5.41, 5.74) is -1.19. The lowest BCUT2D eigenvalue weighted by atomic mass is 10.1. The van der Waals surface area contributed by atoms with Gasteiger partial charge in [-0.1, -0.05) is 0 Å². The Kier molecular flexibility index (Phi) is 3.08. The van der Waals surface area contributed by atoms with E-state index in [1.54, 1.807) is 0 Å². The average molecular weight is 258 g/mol. The molecule has 0 bridgehead atoms. The molecular formula is C11H9F3N2O2. The molecule has 0 amide bonds. The molecule has 4 nitrogen and oxygen atoms in total. The summed E-state index contributed by atoms with van der Waals surface area (Å²) in [5.74, 6) is 0. The molecule has 2 N–H and O–H groups in total. The predicted molar refractivity (Wildman–Crippen MR) is 58.2 cm³/mol. The van der Waals surface area contributed by atoms with Gasteiger partial charge in [0.05, 0.1) is 11.1 Å². The first kappa shape index (κ1) is 12.6. The number of fused-ring (bicyclic) bond motifs is 1. The number of halogens is 3. The van der Waals surface area contributed by atoms with Gasteiger partial charge in [-0.25, -0.2) is 0 Å². The van der Waals surface area contributed by atoms with Gasteiger partial charge in [0.2, 0.25) is 5.43 Å². The van der Waals surface area contributed by atoms with E-state index < -0.39 is 17.2 Å². The van der Waals surface area contributed by atoms with Gasteiger partial charge in [0.25, 0.3) is 0 Å². The van der Waals surface area contributed by atoms with Crippen LogP contribution < -0.4 is 5.43 Å². The number of nitrogens with one attached hydrogen (secondary N) is 1. The minimum absolute atomic E-state index is 0.0246. The number of hydrogen-bond acceptors (Lipinski definition) is 3. The molecule has 7 heteroatoms. The molecule has 2 rings (SSSR count). The van der Waals surface area contributed by atoms with Crippen LogP contribution in [-0.2, 0) is 12.6 Å². The maximum Gasteiger partial charge on any atom is 0.416 e. The molecule has 0 aliphatic carbocycles. The maximum atomic E-state index is 12.5. The SMILES string of the molecule is O=c1c(CCO)n[nH]c2cc(C(F)(F)F)ccc12. The molecule has 0 saturated heterocycles. The van der Waals surface area contributed by atoms with Gasteiger partial charge in [0.1, 0.15) is 5.69 Å². The molecule has 96 valence electrons. The van der Waals surface area contributed by atoms with E-state index in [0.717, 1.165) is 18.2 Å². The van der Waals surface area contributed by atoms with Crippen molar-refractivity contribution in [1.29, 1.82) is 0 Å². The second-order valence-electron chi connectivity index (χ2n) is 3.73. The number of alkyl halides is 3. The van der Waals surface area contributed by atoms with Crippen LogP contribution in [0.15, 0.2) is 23.0 Å². The van der Waals surface area contributed by atoms with Gasteiger partial charge >= 0.3 is 6.18 Å². The minimum Gasteiger partial charge on any atom is -0.396 e. The van der Waals surface area contributed by atoms with Crippen molar-refractivity contribution in [3.05, 3.63) is 39.7 Å². The molecule has 18 heavy (non-hydrogen) atoms. The summed E-state index contributed by atoms with van der Waals surface area (Å²) in [6, 6.07) is 2.80. The lowest BCUT2D eigenvalue weighted by molar-refractivity contribution is -0.137. The predicted octanol–water partition coefficient (Wildman–Crippen LogP) is 1.48. The molecule has 1 aromatic carbocycles. The Morgan fingerprint density at radius 2 is 2.06 bits per heavy atom. The van der Waals surface area contributed by atoms with Crippen molar-refractivity contribution in [1.82, 2.24) is 10.2 Å². The third kappa shape index (κ3) is 2.21. The third-order valence-corrected chi connectivity index (χ3v) is 2.51. The highest BCUT2D eigenvalue weighted by Gasteiger charge is 2.30. The Hall–Kier alpha value is -1.89. The molecule has 0 atom stereocenters. The molecule has 0 aliphatic rings. The van der Waals surface area contributed by atoms with Gasteiger partial charge in [0, 0.05) is 18.4 Å². The molecule has 1 aromatic heterocycles. The van der Waals surface area contributed by atoms with Crippen LogP contribution >= 0.6 is 0 Å². The van der Waals surface area contributed by atoms with Crippen LogP contribution in [0.5, 0.6) is 0 Å². The number of rotatable bonds is 2. The van der Waals surface area contributed by atoms with Crippen LogP contribution in [0.3, 0.4) is 0 Å². The summed E-state index contributed by atoms with van der Waals surface area (Å²) in [6.45, 7) is -0.248. The zero-order chi connectivity index (χ0) is 13.3. The van der Waals surface area contributed by atoms with Gasteiger partial charge in [0.15, 0.2) is 0 Å². The maximum absolute atomic E-state index is 12.5. The Morgan fingerprint density at radius 3 is 2.67 bits per heavy atom. The quantitative estimate of drug-likeness (QED) is 0.857. The fourth-order valence-corrected chi connectivity index (χ4v) is 1.62. The molecule has 0 unspecified atom stereocenters. The van der Waals surface area contributed by atoms with Crippen molar-refractivity contribution in [3.8, 4) is 0 Å². The second kappa shape index (κ2) is 4.41. The number of benzene rings is 1. The zero-order valence-electron chi connectivity index (χ0n) is 9.08. The van der Waals surface area contributed by atoms with Crippen LogP contribution in [0.4, 0.5) is 13.2 Å². The van der Waals surface area contributed by atoms with Gasteiger partial charge < -0.3 is 5.11 Å². The second-order valence-corrected chi connectivity index (χ2v) is 3.73. The largest absolute Gasteiger partial charge is 0.416 e. The smallest absolute Gasteiger partial charge is 0.396 e. The van der Waals surface area contributed by atoms with Crippen molar-refractivity contribution in [2.24, 2.45) is 0 Å². The van der Waals surface area contributed by atoms with E-state index in [1.165, 1.54) is 0 Å². The van der Waals surface area contributed by atoms with Gasteiger partial charge in [-0.15, -0.1) is 0 Å². The summed E-state index contributed by atoms with van der Waals surface area (Å²) in [4.78, 5) is 11.8. The lowest BCUT2D eigenvalue weighted by Crippen LogP contribution is -2.15. The molecule has 1 heterocycles. The first-order chi connectivity index (χ1) is 8.43. The first-order valence-corrected chi connectivity index (χ1v) is 5.13. The van der Waals surface area contributed by atoms with Crippen molar-refractivity contribution in [2.75, 3.05) is 6.61 Å². The minimum atomic E-state index is -4.46. The average Bonchev–Trinajstić information content (AvgIpc) is 2.31. The van der Waals surface area contributed by atoms with Crippen LogP contribution in [0.25, 0.3) is 10.9 Å². The summed E-state index contributed by atoms with van der Waals surface area (Å²) in [7, 11) is 0. The van der Waals surface area contributed by atoms with Gasteiger partial charge in [-0.2, -0.15) is 18.3 Å². The molecular weight excluding hydrogens is 249 g/mol. The standard InChI is InChI=1S/C11H9F3N2O2/c12-11(13,14)6-1-2-7-9(5-6)16-15-8(3-4-17)10(7)18/h1-2,5,17H,3-4H2,(H,16,18). The van der Waals surface area contributed by atoms with Crippen molar-refractivity contribution in [2.45, 2.75) is 12.6 Å². The van der Waals surface area contributed by atoms with E-state index >= 15 is 0 Å². The van der Waals surface area contributed by atoms with E-state index in [-0.39, 0.29) is 29.6 Å². The van der Waals surface area contributed by atoms with Crippen LogP contribution in [-0.4, -0.2) is 21.9 Å². The summed E-state index contributed by atoms with van der Waals surface area (Å²) in [6.07, 6.45) is -4.40. The normalized spacial score (nSPS) is 12.0. The monoisotopic (exact) mass is 258 g/mol. The van der Waals surface area contributed by atoms with Crippen LogP contribution in [0, 0.1) is 0 Å². The number of aromatic nitrogens is 2. The Balaban J connectivity index is 2.62. The van der Waals surface area contributed by atoms with Crippen LogP contribution in [0.1, 0.15) is 11.3 Å². The fraction of sp³-hybridized carbons (Fsp3) is 0.273. The third-order valence-electron chi connectivity index (χ3n) is 2.51. The van der Waals surface area contributed by atoms with E-state index in [2.05, 4.69) is 10.2 Å². The highest BCUT2D eigenvalue weighted by Crippen LogP contribution is 2.30. The highest BCUT2D eigenvalue weighted by molar-refractivity contribution is 5.78. The van der Waals surface area contributed by atoms with E-state index in [1.807, 2.05) is 0 Å².